The Bertz CT molecular complexity index is 344. The standard InChI is InChI=1S/C11H14N2.C2H6.H2/c1-2-3-8-7-13-10-11(4-5-12-10)6-9(8)11;1-2;/h4-5,7,9H,2-3,6H2,1H3,(H,12,13);1-2H3;1H. The van der Waals surface area contributed by atoms with E-state index in [-0.39, 0.29) is 1.43 Å². The molecule has 2 unspecified atom stereocenters. The molecule has 2 nitrogen and oxygen atoms in total. The highest BCUT2D eigenvalue weighted by atomic mass is 15.1. The van der Waals surface area contributed by atoms with E-state index in [9.17, 15) is 0 Å². The fourth-order valence-corrected chi connectivity index (χ4v) is 2.59. The molecule has 0 radical (unpaired) electrons. The highest BCUT2D eigenvalue weighted by Gasteiger charge is 2.60. The number of aliphatic imine (C=N–C) groups is 1. The Morgan fingerprint density at radius 3 is 3.13 bits per heavy atom. The van der Waals surface area contributed by atoms with Gasteiger partial charge in [0.15, 0.2) is 0 Å². The fraction of sp³-hybridized carbons (Fsp3) is 0.615. The molecule has 2 aliphatic heterocycles. The first-order valence-corrected chi connectivity index (χ1v) is 6.08. The molecular formula is C13H22N2. The Kier molecular flexibility index (Phi) is 2.68. The van der Waals surface area contributed by atoms with Gasteiger partial charge in [-0.25, -0.2) is 4.99 Å². The normalized spacial score (nSPS) is 33.9. The molecule has 0 aromatic carbocycles. The Morgan fingerprint density at radius 2 is 2.40 bits per heavy atom. The fourth-order valence-electron chi connectivity index (χ4n) is 2.59. The molecule has 3 aliphatic rings. The van der Waals surface area contributed by atoms with Gasteiger partial charge in [0.05, 0.1) is 5.41 Å². The molecule has 2 heterocycles. The molecule has 2 heteroatoms. The maximum absolute atomic E-state index is 4.49. The van der Waals surface area contributed by atoms with Crippen LogP contribution in [0, 0.1) is 11.3 Å². The Morgan fingerprint density at radius 1 is 1.60 bits per heavy atom. The first-order chi connectivity index (χ1) is 7.37. The van der Waals surface area contributed by atoms with E-state index in [1.165, 1.54) is 25.1 Å². The SMILES string of the molecule is CC.CCCC1=CN=C2NC=CC23CC13.[HH]. The van der Waals surface area contributed by atoms with Gasteiger partial charge in [-0.2, -0.15) is 0 Å². The lowest BCUT2D eigenvalue weighted by Gasteiger charge is -2.15. The molecule has 3 rings (SSSR count). The van der Waals surface area contributed by atoms with Gasteiger partial charge in [-0.05, 0) is 30.5 Å². The molecule has 0 aromatic rings. The van der Waals surface area contributed by atoms with Gasteiger partial charge in [-0.1, -0.05) is 33.3 Å². The molecule has 15 heavy (non-hydrogen) atoms. The first-order valence-electron chi connectivity index (χ1n) is 6.08. The van der Waals surface area contributed by atoms with Crippen LogP contribution in [-0.4, -0.2) is 5.84 Å². The van der Waals surface area contributed by atoms with Gasteiger partial charge in [0.1, 0.15) is 5.84 Å². The van der Waals surface area contributed by atoms with E-state index in [1.807, 2.05) is 20.0 Å². The smallest absolute Gasteiger partial charge is 0.116 e. The second kappa shape index (κ2) is 3.84. The highest BCUT2D eigenvalue weighted by molar-refractivity contribution is 5.98. The van der Waals surface area contributed by atoms with Gasteiger partial charge in [-0.15, -0.1) is 0 Å². The van der Waals surface area contributed by atoms with Crippen LogP contribution in [0.25, 0.3) is 0 Å². The summed E-state index contributed by atoms with van der Waals surface area (Å²) in [5, 5.41) is 3.23. The van der Waals surface area contributed by atoms with Crippen molar-refractivity contribution in [1.29, 1.82) is 0 Å². The van der Waals surface area contributed by atoms with Crippen LogP contribution in [0.2, 0.25) is 0 Å². The number of rotatable bonds is 2. The van der Waals surface area contributed by atoms with E-state index in [4.69, 9.17) is 0 Å². The molecule has 0 bridgehead atoms. The lowest BCUT2D eigenvalue weighted by Crippen LogP contribution is -2.24. The third-order valence-electron chi connectivity index (χ3n) is 3.39. The topological polar surface area (TPSA) is 24.4 Å². The highest BCUT2D eigenvalue weighted by Crippen LogP contribution is 2.61. The summed E-state index contributed by atoms with van der Waals surface area (Å²) in [4.78, 5) is 4.49. The van der Waals surface area contributed by atoms with Crippen molar-refractivity contribution in [3.63, 3.8) is 0 Å². The Hall–Kier alpha value is -1.05. The van der Waals surface area contributed by atoms with Crippen molar-refractivity contribution in [3.05, 3.63) is 24.0 Å². The van der Waals surface area contributed by atoms with E-state index < -0.39 is 0 Å². The van der Waals surface area contributed by atoms with Gasteiger partial charge < -0.3 is 5.32 Å². The van der Waals surface area contributed by atoms with Crippen LogP contribution < -0.4 is 5.32 Å². The second-order valence-electron chi connectivity index (χ2n) is 4.21. The van der Waals surface area contributed by atoms with Crippen LogP contribution >= 0.6 is 0 Å². The van der Waals surface area contributed by atoms with Crippen LogP contribution in [0.1, 0.15) is 41.5 Å². The van der Waals surface area contributed by atoms with Crippen molar-refractivity contribution in [1.82, 2.24) is 5.32 Å². The first kappa shape index (κ1) is 10.5. The van der Waals surface area contributed by atoms with Crippen molar-refractivity contribution < 1.29 is 1.43 Å². The summed E-state index contributed by atoms with van der Waals surface area (Å²) in [5.41, 5.74) is 1.87. The Balaban J connectivity index is 0.000000406. The Labute approximate surface area is 93.7 Å². The van der Waals surface area contributed by atoms with Crippen LogP contribution in [0.4, 0.5) is 0 Å². The molecule has 1 fully saturated rings. The monoisotopic (exact) mass is 206 g/mol. The number of hydrogen-bond acceptors (Lipinski definition) is 2. The average molecular weight is 206 g/mol. The molecule has 0 amide bonds. The lowest BCUT2D eigenvalue weighted by molar-refractivity contribution is 0.733. The van der Waals surface area contributed by atoms with Crippen molar-refractivity contribution in [2.24, 2.45) is 16.3 Å². The molecule has 0 saturated heterocycles. The minimum atomic E-state index is 0. The summed E-state index contributed by atoms with van der Waals surface area (Å²) >= 11 is 0. The number of amidine groups is 1. The van der Waals surface area contributed by atoms with E-state index in [0.29, 0.717) is 5.41 Å². The molecule has 84 valence electrons. The quantitative estimate of drug-likeness (QED) is 0.735. The average Bonchev–Trinajstić information content (AvgIpc) is 2.86. The third-order valence-corrected chi connectivity index (χ3v) is 3.39. The van der Waals surface area contributed by atoms with E-state index >= 15 is 0 Å². The third kappa shape index (κ3) is 1.43. The molecule has 1 N–H and O–H groups in total. The van der Waals surface area contributed by atoms with E-state index in [2.05, 4.69) is 29.5 Å². The van der Waals surface area contributed by atoms with Crippen LogP contribution in [0.5, 0.6) is 0 Å². The van der Waals surface area contributed by atoms with Crippen molar-refractivity contribution in [2.45, 2.75) is 40.0 Å². The predicted octanol–water partition coefficient (Wildman–Crippen LogP) is 3.48. The minimum Gasteiger partial charge on any atom is -0.350 e. The van der Waals surface area contributed by atoms with Crippen molar-refractivity contribution in [2.75, 3.05) is 0 Å². The van der Waals surface area contributed by atoms with Crippen molar-refractivity contribution >= 4 is 5.84 Å². The van der Waals surface area contributed by atoms with Crippen LogP contribution in [-0.2, 0) is 0 Å². The number of nitrogens with zero attached hydrogens (tertiary/aromatic N) is 1. The van der Waals surface area contributed by atoms with Gasteiger partial charge in [0, 0.05) is 7.63 Å². The lowest BCUT2D eigenvalue weighted by atomic mass is 9.95. The van der Waals surface area contributed by atoms with Crippen LogP contribution in [0.15, 0.2) is 29.0 Å². The van der Waals surface area contributed by atoms with Gasteiger partial charge in [0.2, 0.25) is 0 Å². The molecule has 1 spiro atoms. The van der Waals surface area contributed by atoms with E-state index in [1.54, 1.807) is 5.57 Å². The van der Waals surface area contributed by atoms with Crippen molar-refractivity contribution in [3.8, 4) is 0 Å². The van der Waals surface area contributed by atoms with Gasteiger partial charge in [0.25, 0.3) is 0 Å². The zero-order chi connectivity index (χ0) is 10.9. The summed E-state index contributed by atoms with van der Waals surface area (Å²) < 4.78 is 0. The number of hydrogen-bond donors (Lipinski definition) is 1. The summed E-state index contributed by atoms with van der Waals surface area (Å²) in [6, 6.07) is 0. The molecule has 0 aromatic heterocycles. The molecule has 2 atom stereocenters. The number of nitrogens with one attached hydrogen (secondary N) is 1. The molecular weight excluding hydrogens is 184 g/mol. The van der Waals surface area contributed by atoms with E-state index in [0.717, 1.165) is 5.92 Å². The van der Waals surface area contributed by atoms with Crippen LogP contribution in [0.3, 0.4) is 0 Å². The maximum Gasteiger partial charge on any atom is 0.116 e. The summed E-state index contributed by atoms with van der Waals surface area (Å²) in [5.74, 6) is 1.95. The maximum atomic E-state index is 4.49. The summed E-state index contributed by atoms with van der Waals surface area (Å²) in [7, 11) is 0. The largest absolute Gasteiger partial charge is 0.350 e. The summed E-state index contributed by atoms with van der Waals surface area (Å²) in [6.07, 6.45) is 10.1. The molecule has 1 aliphatic carbocycles. The zero-order valence-corrected chi connectivity index (χ0v) is 9.88. The zero-order valence-electron chi connectivity index (χ0n) is 9.88. The van der Waals surface area contributed by atoms with Gasteiger partial charge in [-0.3, -0.25) is 0 Å². The predicted molar refractivity (Wildman–Crippen MR) is 66.7 cm³/mol. The van der Waals surface area contributed by atoms with Gasteiger partial charge >= 0.3 is 0 Å². The minimum absolute atomic E-state index is 0. The number of allylic oxidation sites excluding steroid dienone is 1. The summed E-state index contributed by atoms with van der Waals surface area (Å²) in [6.45, 7) is 6.23. The second-order valence-corrected chi connectivity index (χ2v) is 4.21. The molecule has 1 saturated carbocycles.